The van der Waals surface area contributed by atoms with Gasteiger partial charge in [-0.05, 0) is 56.6 Å². The standard InChI is InChI=1S/C40H51N7O8/c1-26-10-8-11-27(2)35(26)44-38(49)30-25-42-40(45-39(30)55-31-13-12-28(22-32(31)51-5)37(48)41-14-21-50-4)43-29-23-33(52-6)36(53-7)34(24-29)54-20-9-15-47-18-16-46(3)17-19-47/h8,10-13,22-25H,9,14-21H2,1-7H3,(H,41,48)(H,44,49)(H,42,43,45). The van der Waals surface area contributed by atoms with Gasteiger partial charge in [0.15, 0.2) is 23.0 Å². The highest BCUT2D eigenvalue weighted by molar-refractivity contribution is 6.06. The second-order valence-electron chi connectivity index (χ2n) is 13.0. The Morgan fingerprint density at radius 3 is 2.24 bits per heavy atom. The molecule has 1 fully saturated rings. The van der Waals surface area contributed by atoms with E-state index < -0.39 is 5.91 Å². The average Bonchev–Trinajstić information content (AvgIpc) is 3.18. The van der Waals surface area contributed by atoms with Crippen LogP contribution in [-0.4, -0.2) is 120 Å². The van der Waals surface area contributed by atoms with Crippen molar-refractivity contribution in [2.75, 3.05) is 98.6 Å². The van der Waals surface area contributed by atoms with Crippen molar-refractivity contribution in [2.45, 2.75) is 20.3 Å². The van der Waals surface area contributed by atoms with Crippen LogP contribution in [0.25, 0.3) is 0 Å². The molecule has 294 valence electrons. The minimum absolute atomic E-state index is 0.0577. The number of likely N-dealkylation sites (N-methyl/N-ethyl adjacent to an activating group) is 1. The number of ether oxygens (including phenoxy) is 6. The maximum absolute atomic E-state index is 13.8. The number of hydrogen-bond acceptors (Lipinski definition) is 13. The van der Waals surface area contributed by atoms with E-state index >= 15 is 0 Å². The lowest BCUT2D eigenvalue weighted by atomic mass is 10.1. The quantitative estimate of drug-likeness (QED) is 0.113. The summed E-state index contributed by atoms with van der Waals surface area (Å²) in [5.41, 5.74) is 3.41. The number of carbonyl (C=O) groups excluding carboxylic acids is 2. The lowest BCUT2D eigenvalue weighted by Crippen LogP contribution is -2.44. The molecule has 15 nitrogen and oxygen atoms in total. The zero-order chi connectivity index (χ0) is 39.3. The SMILES string of the molecule is COCCNC(=O)c1ccc(Oc2nc(Nc3cc(OC)c(OC)c(OCCCN4CCN(C)CC4)c3)ncc2C(=O)Nc2c(C)cccc2C)c(OC)c1. The molecule has 0 saturated carbocycles. The molecule has 4 aromatic rings. The topological polar surface area (TPSA) is 158 Å². The Morgan fingerprint density at radius 2 is 1.55 bits per heavy atom. The van der Waals surface area contributed by atoms with E-state index in [2.05, 4.69) is 42.8 Å². The van der Waals surface area contributed by atoms with Crippen LogP contribution >= 0.6 is 0 Å². The molecule has 5 rings (SSSR count). The molecule has 15 heteroatoms. The second-order valence-corrected chi connectivity index (χ2v) is 13.0. The molecule has 3 N–H and O–H groups in total. The minimum atomic E-state index is -0.481. The summed E-state index contributed by atoms with van der Waals surface area (Å²) in [5.74, 6) is 1.14. The summed E-state index contributed by atoms with van der Waals surface area (Å²) < 4.78 is 34.4. The minimum Gasteiger partial charge on any atom is -0.493 e. The first-order valence-corrected chi connectivity index (χ1v) is 18.1. The number of rotatable bonds is 18. The summed E-state index contributed by atoms with van der Waals surface area (Å²) in [4.78, 5) is 40.4. The molecule has 0 atom stereocenters. The van der Waals surface area contributed by atoms with E-state index in [4.69, 9.17) is 28.4 Å². The molecule has 0 radical (unpaired) electrons. The van der Waals surface area contributed by atoms with Crippen molar-refractivity contribution in [3.05, 3.63) is 77.0 Å². The summed E-state index contributed by atoms with van der Waals surface area (Å²) in [7, 11) is 8.27. The van der Waals surface area contributed by atoms with E-state index in [1.54, 1.807) is 51.7 Å². The number of aromatic nitrogens is 2. The van der Waals surface area contributed by atoms with Crippen molar-refractivity contribution in [2.24, 2.45) is 0 Å². The molecular formula is C40H51N7O8. The summed E-state index contributed by atoms with van der Waals surface area (Å²) >= 11 is 0. The first-order valence-electron chi connectivity index (χ1n) is 18.1. The Morgan fingerprint density at radius 1 is 0.818 bits per heavy atom. The van der Waals surface area contributed by atoms with Gasteiger partial charge in [-0.25, -0.2) is 4.98 Å². The number of aryl methyl sites for hydroxylation is 2. The Balaban J connectivity index is 1.42. The van der Waals surface area contributed by atoms with Crippen LogP contribution in [0.1, 0.15) is 38.3 Å². The van der Waals surface area contributed by atoms with Gasteiger partial charge >= 0.3 is 0 Å². The number of benzene rings is 3. The van der Waals surface area contributed by atoms with Crippen molar-refractivity contribution < 1.29 is 38.0 Å². The van der Waals surface area contributed by atoms with Gasteiger partial charge in [0.2, 0.25) is 17.6 Å². The van der Waals surface area contributed by atoms with E-state index in [0.29, 0.717) is 53.9 Å². The van der Waals surface area contributed by atoms with E-state index in [1.807, 2.05) is 32.0 Å². The summed E-state index contributed by atoms with van der Waals surface area (Å²) in [6, 6.07) is 14.0. The lowest BCUT2D eigenvalue weighted by Gasteiger charge is -2.32. The number of methoxy groups -OCH3 is 4. The molecular weight excluding hydrogens is 706 g/mol. The van der Waals surface area contributed by atoms with Crippen LogP contribution in [0.5, 0.6) is 34.6 Å². The van der Waals surface area contributed by atoms with Gasteiger partial charge in [-0.15, -0.1) is 0 Å². The van der Waals surface area contributed by atoms with Crippen molar-refractivity contribution in [3.8, 4) is 34.6 Å². The highest BCUT2D eigenvalue weighted by atomic mass is 16.5. The third kappa shape index (κ3) is 10.7. The Bertz CT molecular complexity index is 1910. The lowest BCUT2D eigenvalue weighted by molar-refractivity contribution is 0.0936. The Hall–Kier alpha value is -5.64. The molecule has 2 amide bonds. The molecule has 1 aliphatic heterocycles. The Labute approximate surface area is 322 Å². The van der Waals surface area contributed by atoms with Crippen LogP contribution in [-0.2, 0) is 4.74 Å². The van der Waals surface area contributed by atoms with Gasteiger partial charge in [-0.2, -0.15) is 4.98 Å². The molecule has 1 saturated heterocycles. The van der Waals surface area contributed by atoms with Gasteiger partial charge in [0.1, 0.15) is 5.56 Å². The average molecular weight is 758 g/mol. The van der Waals surface area contributed by atoms with Gasteiger partial charge in [-0.3, -0.25) is 9.59 Å². The fraction of sp³-hybridized carbons (Fsp3) is 0.400. The monoisotopic (exact) mass is 757 g/mol. The molecule has 0 bridgehead atoms. The van der Waals surface area contributed by atoms with Crippen LogP contribution in [0.2, 0.25) is 0 Å². The maximum atomic E-state index is 13.8. The van der Waals surface area contributed by atoms with Crippen LogP contribution < -0.4 is 39.6 Å². The zero-order valence-corrected chi connectivity index (χ0v) is 32.6. The fourth-order valence-electron chi connectivity index (χ4n) is 6.00. The summed E-state index contributed by atoms with van der Waals surface area (Å²) in [5, 5.41) is 8.96. The van der Waals surface area contributed by atoms with Gasteiger partial charge in [0.25, 0.3) is 11.8 Å². The molecule has 3 aromatic carbocycles. The maximum Gasteiger partial charge on any atom is 0.262 e. The van der Waals surface area contributed by atoms with Gasteiger partial charge in [0, 0.05) is 81.6 Å². The highest BCUT2D eigenvalue weighted by Crippen LogP contribution is 2.41. The smallest absolute Gasteiger partial charge is 0.262 e. The number of piperazine rings is 1. The molecule has 1 aromatic heterocycles. The first-order chi connectivity index (χ1) is 26.6. The predicted octanol–water partition coefficient (Wildman–Crippen LogP) is 5.30. The van der Waals surface area contributed by atoms with Gasteiger partial charge in [-0.1, -0.05) is 18.2 Å². The Kier molecular flexibility index (Phi) is 14.5. The molecule has 0 aliphatic carbocycles. The van der Waals surface area contributed by atoms with Gasteiger partial charge < -0.3 is 54.2 Å². The van der Waals surface area contributed by atoms with E-state index in [-0.39, 0.29) is 34.8 Å². The number of hydrogen-bond donors (Lipinski definition) is 3. The highest BCUT2D eigenvalue weighted by Gasteiger charge is 2.22. The van der Waals surface area contributed by atoms with E-state index in [0.717, 1.165) is 50.3 Å². The molecule has 1 aliphatic rings. The molecule has 2 heterocycles. The summed E-state index contributed by atoms with van der Waals surface area (Å²) in [6.07, 6.45) is 2.22. The second kappa shape index (κ2) is 19.6. The van der Waals surface area contributed by atoms with Crippen LogP contribution in [0, 0.1) is 13.8 Å². The third-order valence-electron chi connectivity index (χ3n) is 9.12. The number of nitrogens with zero attached hydrogens (tertiary/aromatic N) is 4. The number of anilines is 3. The first kappa shape index (κ1) is 40.5. The number of carbonyl (C=O) groups is 2. The van der Waals surface area contributed by atoms with Crippen LogP contribution in [0.15, 0.2) is 54.7 Å². The van der Waals surface area contributed by atoms with E-state index in [9.17, 15) is 9.59 Å². The number of amides is 2. The van der Waals surface area contributed by atoms with Crippen molar-refractivity contribution in [3.63, 3.8) is 0 Å². The van der Waals surface area contributed by atoms with Crippen LogP contribution in [0.4, 0.5) is 17.3 Å². The summed E-state index contributed by atoms with van der Waals surface area (Å²) in [6.45, 7) is 10.1. The van der Waals surface area contributed by atoms with Crippen molar-refractivity contribution in [1.82, 2.24) is 25.1 Å². The third-order valence-corrected chi connectivity index (χ3v) is 9.12. The molecule has 55 heavy (non-hydrogen) atoms. The number of para-hydroxylation sites is 1. The molecule has 0 spiro atoms. The fourth-order valence-corrected chi connectivity index (χ4v) is 6.00. The van der Waals surface area contributed by atoms with Crippen molar-refractivity contribution in [1.29, 1.82) is 0 Å². The van der Waals surface area contributed by atoms with Crippen molar-refractivity contribution >= 4 is 29.1 Å². The number of nitrogens with one attached hydrogen (secondary N) is 3. The normalized spacial score (nSPS) is 13.1. The van der Waals surface area contributed by atoms with Gasteiger partial charge in [0.05, 0.1) is 34.5 Å². The zero-order valence-electron chi connectivity index (χ0n) is 32.6. The molecule has 0 unspecified atom stereocenters. The van der Waals surface area contributed by atoms with E-state index in [1.165, 1.54) is 13.3 Å². The largest absolute Gasteiger partial charge is 0.493 e. The van der Waals surface area contributed by atoms with Crippen LogP contribution in [0.3, 0.4) is 0 Å². The predicted molar refractivity (Wildman–Crippen MR) is 210 cm³/mol.